The van der Waals surface area contributed by atoms with Crippen LogP contribution in [0.3, 0.4) is 0 Å². The molecule has 0 aromatic heterocycles. The third-order valence-electron chi connectivity index (χ3n) is 5.15. The molecule has 0 saturated carbocycles. The molecule has 156 valence electrons. The lowest BCUT2D eigenvalue weighted by Gasteiger charge is -2.27. The van der Waals surface area contributed by atoms with Crippen LogP contribution in [0.1, 0.15) is 31.9 Å². The maximum absolute atomic E-state index is 12.2. The highest BCUT2D eigenvalue weighted by molar-refractivity contribution is 5.81. The van der Waals surface area contributed by atoms with Crippen LogP contribution in [0.2, 0.25) is 0 Å². The molecule has 1 fully saturated rings. The molecule has 28 heavy (non-hydrogen) atoms. The van der Waals surface area contributed by atoms with Gasteiger partial charge in [-0.2, -0.15) is 0 Å². The number of benzene rings is 1. The Morgan fingerprint density at radius 3 is 2.54 bits per heavy atom. The zero-order valence-electron chi connectivity index (χ0n) is 18.0. The molecule has 1 saturated heterocycles. The Morgan fingerprint density at radius 1 is 1.32 bits per heavy atom. The number of likely N-dealkylation sites (N-methyl/N-ethyl adjacent to an activating group) is 1. The van der Waals surface area contributed by atoms with E-state index in [4.69, 9.17) is 4.74 Å². The number of ether oxygens (including phenoxy) is 1. The number of methoxy groups -OCH3 is 1. The van der Waals surface area contributed by atoms with Crippen molar-refractivity contribution < 1.29 is 9.53 Å². The van der Waals surface area contributed by atoms with Gasteiger partial charge >= 0.3 is 0 Å². The minimum absolute atomic E-state index is 0.0431. The average Bonchev–Trinajstić information content (AvgIpc) is 3.15. The lowest BCUT2D eigenvalue weighted by atomic mass is 10.1. The molecule has 0 spiro atoms. The summed E-state index contributed by atoms with van der Waals surface area (Å²) in [5.41, 5.74) is 1.21. The van der Waals surface area contributed by atoms with Gasteiger partial charge in [-0.1, -0.05) is 26.0 Å². The van der Waals surface area contributed by atoms with Crippen LogP contribution >= 0.6 is 0 Å². The van der Waals surface area contributed by atoms with Crippen molar-refractivity contribution in [2.75, 3.05) is 47.9 Å². The SMILES string of the molecule is CN=C(NCC(c1ccc(OC)cc1)N(C)C)NC1CCN(C(=O)C(C)C)C1. The molecule has 1 aliphatic rings. The number of hydrogen-bond donors (Lipinski definition) is 2. The average molecular weight is 390 g/mol. The summed E-state index contributed by atoms with van der Waals surface area (Å²) in [6.45, 7) is 6.15. The third kappa shape index (κ3) is 5.86. The van der Waals surface area contributed by atoms with Crippen LogP contribution in [-0.2, 0) is 4.79 Å². The van der Waals surface area contributed by atoms with Crippen LogP contribution in [0.5, 0.6) is 5.75 Å². The van der Waals surface area contributed by atoms with Gasteiger partial charge in [0.25, 0.3) is 0 Å². The van der Waals surface area contributed by atoms with Crippen LogP contribution in [0.15, 0.2) is 29.3 Å². The highest BCUT2D eigenvalue weighted by Crippen LogP contribution is 2.20. The maximum Gasteiger partial charge on any atom is 0.225 e. The zero-order chi connectivity index (χ0) is 20.7. The first-order chi connectivity index (χ1) is 13.3. The van der Waals surface area contributed by atoms with Crippen molar-refractivity contribution in [2.24, 2.45) is 10.9 Å². The summed E-state index contributed by atoms with van der Waals surface area (Å²) in [6.07, 6.45) is 0.939. The molecular weight excluding hydrogens is 354 g/mol. The summed E-state index contributed by atoms with van der Waals surface area (Å²) in [6, 6.07) is 8.58. The second-order valence-corrected chi connectivity index (χ2v) is 7.77. The molecule has 1 amide bonds. The molecule has 1 aliphatic heterocycles. The van der Waals surface area contributed by atoms with Crippen LogP contribution in [0.4, 0.5) is 0 Å². The Labute approximate surface area is 169 Å². The summed E-state index contributed by atoms with van der Waals surface area (Å²) < 4.78 is 5.25. The van der Waals surface area contributed by atoms with Crippen molar-refractivity contribution in [1.82, 2.24) is 20.4 Å². The number of carbonyl (C=O) groups is 1. The first-order valence-corrected chi connectivity index (χ1v) is 9.92. The number of aliphatic imine (C=N–C) groups is 1. The van der Waals surface area contributed by atoms with E-state index in [1.165, 1.54) is 5.56 Å². The van der Waals surface area contributed by atoms with E-state index in [0.717, 1.165) is 37.8 Å². The fraction of sp³-hybridized carbons (Fsp3) is 0.619. The number of likely N-dealkylation sites (tertiary alicyclic amines) is 1. The summed E-state index contributed by atoms with van der Waals surface area (Å²) in [5.74, 6) is 1.89. The smallest absolute Gasteiger partial charge is 0.225 e. The molecule has 7 nitrogen and oxygen atoms in total. The maximum atomic E-state index is 12.2. The molecule has 2 unspecified atom stereocenters. The molecule has 2 N–H and O–H groups in total. The van der Waals surface area contributed by atoms with Gasteiger partial charge in [0.1, 0.15) is 5.75 Å². The van der Waals surface area contributed by atoms with Gasteiger partial charge in [-0.25, -0.2) is 0 Å². The number of nitrogens with one attached hydrogen (secondary N) is 2. The van der Waals surface area contributed by atoms with E-state index in [1.807, 2.05) is 30.9 Å². The Kier molecular flexibility index (Phi) is 8.11. The van der Waals surface area contributed by atoms with E-state index in [1.54, 1.807) is 14.2 Å². The Balaban J connectivity index is 1.91. The van der Waals surface area contributed by atoms with Crippen LogP contribution in [-0.4, -0.2) is 75.6 Å². The summed E-state index contributed by atoms with van der Waals surface area (Å²) in [4.78, 5) is 20.7. The number of rotatable bonds is 7. The minimum atomic E-state index is 0.0431. The zero-order valence-corrected chi connectivity index (χ0v) is 18.0. The molecule has 0 aliphatic carbocycles. The largest absolute Gasteiger partial charge is 0.497 e. The van der Waals surface area contributed by atoms with Gasteiger partial charge in [-0.3, -0.25) is 9.79 Å². The van der Waals surface area contributed by atoms with E-state index >= 15 is 0 Å². The molecule has 1 heterocycles. The fourth-order valence-corrected chi connectivity index (χ4v) is 3.45. The summed E-state index contributed by atoms with van der Waals surface area (Å²) in [7, 11) is 7.59. The Morgan fingerprint density at radius 2 is 2.00 bits per heavy atom. The molecule has 0 bridgehead atoms. The predicted molar refractivity (Wildman–Crippen MR) is 114 cm³/mol. The molecular formula is C21H35N5O2. The first-order valence-electron chi connectivity index (χ1n) is 9.92. The van der Waals surface area contributed by atoms with Gasteiger partial charge in [0.15, 0.2) is 5.96 Å². The summed E-state index contributed by atoms with van der Waals surface area (Å²) >= 11 is 0. The number of nitrogens with zero attached hydrogens (tertiary/aromatic N) is 3. The molecule has 7 heteroatoms. The number of hydrogen-bond acceptors (Lipinski definition) is 4. The number of amides is 1. The Hall–Kier alpha value is -2.28. The minimum Gasteiger partial charge on any atom is -0.497 e. The second-order valence-electron chi connectivity index (χ2n) is 7.77. The van der Waals surface area contributed by atoms with Crippen LogP contribution in [0.25, 0.3) is 0 Å². The number of guanidine groups is 1. The lowest BCUT2D eigenvalue weighted by Crippen LogP contribution is -2.47. The fourth-order valence-electron chi connectivity index (χ4n) is 3.45. The van der Waals surface area contributed by atoms with Crippen molar-refractivity contribution in [3.63, 3.8) is 0 Å². The van der Waals surface area contributed by atoms with Crippen molar-refractivity contribution in [2.45, 2.75) is 32.4 Å². The van der Waals surface area contributed by atoms with Crippen molar-refractivity contribution in [3.8, 4) is 5.75 Å². The summed E-state index contributed by atoms with van der Waals surface area (Å²) in [5, 5.41) is 6.89. The van der Waals surface area contributed by atoms with Crippen LogP contribution < -0.4 is 15.4 Å². The van der Waals surface area contributed by atoms with Gasteiger partial charge < -0.3 is 25.2 Å². The molecule has 2 atom stereocenters. The van der Waals surface area contributed by atoms with E-state index < -0.39 is 0 Å². The third-order valence-corrected chi connectivity index (χ3v) is 5.15. The second kappa shape index (κ2) is 10.3. The molecule has 1 aromatic carbocycles. The highest BCUT2D eigenvalue weighted by atomic mass is 16.5. The van der Waals surface area contributed by atoms with Crippen LogP contribution in [0, 0.1) is 5.92 Å². The Bertz CT molecular complexity index is 657. The quantitative estimate of drug-likeness (QED) is 0.549. The van der Waals surface area contributed by atoms with Gasteiger partial charge in [0.2, 0.25) is 5.91 Å². The standard InChI is InChI=1S/C21H35N5O2/c1-15(2)20(27)26-12-11-17(14-26)24-21(22-3)23-13-19(25(4)5)16-7-9-18(28-6)10-8-16/h7-10,15,17,19H,11-14H2,1-6H3,(H2,22,23,24). The molecule has 2 rings (SSSR count). The highest BCUT2D eigenvalue weighted by Gasteiger charge is 2.28. The van der Waals surface area contributed by atoms with E-state index in [9.17, 15) is 4.79 Å². The monoisotopic (exact) mass is 389 g/mol. The van der Waals surface area contributed by atoms with Crippen molar-refractivity contribution >= 4 is 11.9 Å². The number of carbonyl (C=O) groups excluding carboxylic acids is 1. The van der Waals surface area contributed by atoms with Gasteiger partial charge in [-0.15, -0.1) is 0 Å². The normalized spacial score (nSPS) is 18.5. The molecule has 0 radical (unpaired) electrons. The van der Waals surface area contributed by atoms with Gasteiger partial charge in [0, 0.05) is 38.6 Å². The lowest BCUT2D eigenvalue weighted by molar-refractivity contribution is -0.133. The predicted octanol–water partition coefficient (Wildman–Crippen LogP) is 1.72. The van der Waals surface area contributed by atoms with E-state index in [2.05, 4.69) is 46.8 Å². The van der Waals surface area contributed by atoms with Crippen molar-refractivity contribution in [3.05, 3.63) is 29.8 Å². The van der Waals surface area contributed by atoms with E-state index in [0.29, 0.717) is 0 Å². The van der Waals surface area contributed by atoms with Crippen molar-refractivity contribution in [1.29, 1.82) is 0 Å². The van der Waals surface area contributed by atoms with Gasteiger partial charge in [0.05, 0.1) is 13.2 Å². The topological polar surface area (TPSA) is 69.2 Å². The molecule has 1 aromatic rings. The first kappa shape index (κ1) is 22.0. The van der Waals surface area contributed by atoms with E-state index in [-0.39, 0.29) is 23.9 Å². The van der Waals surface area contributed by atoms with Gasteiger partial charge in [-0.05, 0) is 38.2 Å².